The van der Waals surface area contributed by atoms with Gasteiger partial charge in [0, 0.05) is 36.5 Å². The van der Waals surface area contributed by atoms with Crippen molar-refractivity contribution in [2.75, 3.05) is 6.54 Å². The van der Waals surface area contributed by atoms with Crippen molar-refractivity contribution in [1.82, 2.24) is 10.2 Å². The molecule has 0 bridgehead atoms. The van der Waals surface area contributed by atoms with Crippen LogP contribution in [-0.4, -0.2) is 46.6 Å². The Morgan fingerprint density at radius 3 is 2.16 bits per heavy atom. The van der Waals surface area contributed by atoms with E-state index in [1.54, 1.807) is 12.1 Å². The molecule has 0 fully saturated rings. The molecule has 2 aromatic carbocycles. The molecular formula is C26H36N2O4. The number of ether oxygens (including phenoxy) is 1. The molecule has 0 spiro atoms. The molecule has 0 aliphatic heterocycles. The van der Waals surface area contributed by atoms with Crippen LogP contribution in [0.1, 0.15) is 64.2 Å². The predicted octanol–water partition coefficient (Wildman–Crippen LogP) is 3.86. The van der Waals surface area contributed by atoms with Gasteiger partial charge in [-0.2, -0.15) is 0 Å². The minimum atomic E-state index is -0.540. The summed E-state index contributed by atoms with van der Waals surface area (Å²) in [6, 6.07) is 16.2. The van der Waals surface area contributed by atoms with Gasteiger partial charge in [0.15, 0.2) is 0 Å². The first kappa shape index (κ1) is 25.6. The number of hydrogen-bond donors (Lipinski definition) is 2. The summed E-state index contributed by atoms with van der Waals surface area (Å²) in [4.78, 5) is 26.0. The number of aliphatic hydroxyl groups is 1. The fourth-order valence-corrected chi connectivity index (χ4v) is 4.47. The molecule has 6 nitrogen and oxygen atoms in total. The van der Waals surface area contributed by atoms with Gasteiger partial charge in [0.2, 0.25) is 5.91 Å². The first-order valence-corrected chi connectivity index (χ1v) is 11.2. The third kappa shape index (κ3) is 6.65. The molecule has 32 heavy (non-hydrogen) atoms. The van der Waals surface area contributed by atoms with Crippen molar-refractivity contribution in [2.45, 2.75) is 72.2 Å². The number of carbonyl (C=O) groups is 2. The molecule has 1 amide bonds. The van der Waals surface area contributed by atoms with Crippen LogP contribution < -0.4 is 10.1 Å². The molecule has 0 saturated heterocycles. The second kappa shape index (κ2) is 11.8. The van der Waals surface area contributed by atoms with Crippen molar-refractivity contribution in [3.05, 3.63) is 65.2 Å². The monoisotopic (exact) mass is 440 g/mol. The van der Waals surface area contributed by atoms with Crippen LogP contribution in [0.4, 0.5) is 0 Å². The molecule has 0 radical (unpaired) electrons. The van der Waals surface area contributed by atoms with Gasteiger partial charge in [0.05, 0.1) is 6.61 Å². The van der Waals surface area contributed by atoms with Gasteiger partial charge in [-0.3, -0.25) is 9.69 Å². The lowest BCUT2D eigenvalue weighted by atomic mass is 9.83. The summed E-state index contributed by atoms with van der Waals surface area (Å²) >= 11 is 0. The normalized spacial score (nSPS) is 13.3. The van der Waals surface area contributed by atoms with E-state index in [-0.39, 0.29) is 31.0 Å². The number of benzene rings is 2. The van der Waals surface area contributed by atoms with Crippen molar-refractivity contribution in [3.63, 3.8) is 0 Å². The zero-order valence-corrected chi connectivity index (χ0v) is 20.0. The fourth-order valence-electron chi connectivity index (χ4n) is 4.47. The van der Waals surface area contributed by atoms with E-state index in [0.717, 1.165) is 16.7 Å². The summed E-state index contributed by atoms with van der Waals surface area (Å²) in [6.45, 7) is 11.9. The Morgan fingerprint density at radius 1 is 1.00 bits per heavy atom. The zero-order chi connectivity index (χ0) is 23.8. The van der Waals surface area contributed by atoms with E-state index in [2.05, 4.69) is 57.0 Å². The van der Waals surface area contributed by atoms with Gasteiger partial charge in [-0.25, -0.2) is 4.79 Å². The smallest absolute Gasteiger partial charge is 0.330 e. The lowest BCUT2D eigenvalue weighted by Gasteiger charge is -2.41. The minimum Gasteiger partial charge on any atom is -0.425 e. The topological polar surface area (TPSA) is 78.9 Å². The number of rotatable bonds is 10. The third-order valence-corrected chi connectivity index (χ3v) is 5.60. The van der Waals surface area contributed by atoms with Crippen LogP contribution in [0.25, 0.3) is 0 Å². The van der Waals surface area contributed by atoms with Crippen LogP contribution in [0.5, 0.6) is 5.75 Å². The van der Waals surface area contributed by atoms with Crippen molar-refractivity contribution in [3.8, 4) is 5.75 Å². The van der Waals surface area contributed by atoms with Crippen molar-refractivity contribution in [1.29, 1.82) is 0 Å². The molecule has 0 aromatic heterocycles. The highest BCUT2D eigenvalue weighted by Crippen LogP contribution is 2.38. The summed E-state index contributed by atoms with van der Waals surface area (Å²) in [5, 5.41) is 12.3. The zero-order valence-electron chi connectivity index (χ0n) is 20.0. The molecule has 2 aromatic rings. The fraction of sp³-hybridized carbons (Fsp3) is 0.462. The van der Waals surface area contributed by atoms with Gasteiger partial charge in [0.25, 0.3) is 0 Å². The van der Waals surface area contributed by atoms with Gasteiger partial charge in [-0.15, -0.1) is 0 Å². The molecule has 0 saturated carbocycles. The number of amides is 1. The van der Waals surface area contributed by atoms with Crippen LogP contribution in [0.2, 0.25) is 0 Å². The van der Waals surface area contributed by atoms with E-state index in [1.165, 1.54) is 6.92 Å². The van der Waals surface area contributed by atoms with Gasteiger partial charge in [-0.1, -0.05) is 36.4 Å². The Labute approximate surface area is 191 Å². The van der Waals surface area contributed by atoms with Crippen LogP contribution in [0.15, 0.2) is 48.5 Å². The Morgan fingerprint density at radius 2 is 1.62 bits per heavy atom. The van der Waals surface area contributed by atoms with E-state index >= 15 is 0 Å². The number of nitrogens with zero attached hydrogens (tertiary/aromatic N) is 1. The summed E-state index contributed by atoms with van der Waals surface area (Å²) < 4.78 is 5.69. The molecule has 2 atom stereocenters. The van der Waals surface area contributed by atoms with E-state index in [4.69, 9.17) is 4.74 Å². The first-order chi connectivity index (χ1) is 15.1. The Kier molecular flexibility index (Phi) is 9.42. The number of esters is 1. The largest absolute Gasteiger partial charge is 0.425 e. The second-order valence-corrected chi connectivity index (χ2v) is 8.68. The van der Waals surface area contributed by atoms with Gasteiger partial charge >= 0.3 is 5.97 Å². The van der Waals surface area contributed by atoms with Crippen molar-refractivity contribution >= 4 is 11.9 Å². The molecule has 6 heteroatoms. The lowest BCUT2D eigenvalue weighted by molar-refractivity contribution is -0.135. The summed E-state index contributed by atoms with van der Waals surface area (Å²) in [6.07, 6.45) is 0. The number of nitrogens with one attached hydrogen (secondary N) is 1. The van der Waals surface area contributed by atoms with E-state index in [0.29, 0.717) is 17.8 Å². The van der Waals surface area contributed by atoms with Crippen LogP contribution in [0.3, 0.4) is 0 Å². The standard InChI is InChI=1S/C26H36N2O4/c1-17(2)28(18(3)4)19(5)26(22-10-8-7-9-11-22)23-14-21(16-29)12-13-24(23)32-25(31)15-27-20(6)30/h7-14,17-19,26,29H,15-16H2,1-6H3,(H,27,30). The Hall–Kier alpha value is -2.70. The molecule has 2 rings (SSSR count). The maximum absolute atomic E-state index is 12.4. The van der Waals surface area contributed by atoms with E-state index < -0.39 is 5.97 Å². The molecule has 174 valence electrons. The maximum atomic E-state index is 12.4. The van der Waals surface area contributed by atoms with Crippen LogP contribution in [-0.2, 0) is 16.2 Å². The highest BCUT2D eigenvalue weighted by Gasteiger charge is 2.32. The summed E-state index contributed by atoms with van der Waals surface area (Å²) in [5.74, 6) is -0.498. The Bertz CT molecular complexity index is 888. The van der Waals surface area contributed by atoms with E-state index in [1.807, 2.05) is 24.3 Å². The summed E-state index contributed by atoms with van der Waals surface area (Å²) in [5.41, 5.74) is 2.67. The molecule has 0 heterocycles. The minimum absolute atomic E-state index is 0.0825. The van der Waals surface area contributed by atoms with Gasteiger partial charge < -0.3 is 15.2 Å². The van der Waals surface area contributed by atoms with Gasteiger partial charge in [0.1, 0.15) is 12.3 Å². The first-order valence-electron chi connectivity index (χ1n) is 11.2. The van der Waals surface area contributed by atoms with E-state index in [9.17, 15) is 14.7 Å². The third-order valence-electron chi connectivity index (χ3n) is 5.60. The average Bonchev–Trinajstić information content (AvgIpc) is 2.73. The lowest BCUT2D eigenvalue weighted by Crippen LogP contribution is -2.46. The molecule has 2 unspecified atom stereocenters. The number of carbonyl (C=O) groups excluding carboxylic acids is 2. The van der Waals surface area contributed by atoms with Crippen molar-refractivity contribution < 1.29 is 19.4 Å². The molecular weight excluding hydrogens is 404 g/mol. The number of aliphatic hydroxyl groups excluding tert-OH is 1. The number of hydrogen-bond acceptors (Lipinski definition) is 5. The Balaban J connectivity index is 2.58. The van der Waals surface area contributed by atoms with Crippen LogP contribution in [0, 0.1) is 0 Å². The predicted molar refractivity (Wildman–Crippen MR) is 127 cm³/mol. The highest BCUT2D eigenvalue weighted by molar-refractivity contribution is 5.81. The van der Waals surface area contributed by atoms with Crippen molar-refractivity contribution in [2.24, 2.45) is 0 Å². The average molecular weight is 441 g/mol. The maximum Gasteiger partial charge on any atom is 0.330 e. The molecule has 0 aliphatic carbocycles. The van der Waals surface area contributed by atoms with Gasteiger partial charge in [-0.05, 0) is 57.9 Å². The molecule has 2 N–H and O–H groups in total. The summed E-state index contributed by atoms with van der Waals surface area (Å²) in [7, 11) is 0. The highest BCUT2D eigenvalue weighted by atomic mass is 16.5. The second-order valence-electron chi connectivity index (χ2n) is 8.68. The molecule has 0 aliphatic rings. The SMILES string of the molecule is CC(=O)NCC(=O)Oc1ccc(CO)cc1C(c1ccccc1)C(C)N(C(C)C)C(C)C. The van der Waals surface area contributed by atoms with Crippen LogP contribution >= 0.6 is 0 Å². The quantitative estimate of drug-likeness (QED) is 0.433.